The van der Waals surface area contributed by atoms with Crippen LogP contribution in [0, 0.1) is 0 Å². The van der Waals surface area contributed by atoms with Crippen molar-refractivity contribution in [3.05, 3.63) is 0 Å². The summed E-state index contributed by atoms with van der Waals surface area (Å²) in [6.45, 7) is 9.52. The molecule has 0 aromatic heterocycles. The molecule has 0 aromatic rings. The van der Waals surface area contributed by atoms with Gasteiger partial charge in [0.25, 0.3) is 0 Å². The molecule has 2 fully saturated rings. The van der Waals surface area contributed by atoms with Gasteiger partial charge in [-0.3, -0.25) is 4.90 Å². The molecule has 2 heterocycles. The monoisotopic (exact) mass is 253 g/mol. The van der Waals surface area contributed by atoms with Gasteiger partial charge in [-0.05, 0) is 65.7 Å². The van der Waals surface area contributed by atoms with E-state index in [1.807, 2.05) is 0 Å². The van der Waals surface area contributed by atoms with Crippen LogP contribution in [0.2, 0.25) is 0 Å². The maximum absolute atomic E-state index is 3.50. The first-order valence-electron chi connectivity index (χ1n) is 7.88. The lowest BCUT2D eigenvalue weighted by Gasteiger charge is -2.26. The van der Waals surface area contributed by atoms with E-state index in [2.05, 4.69) is 36.0 Å². The van der Waals surface area contributed by atoms with Gasteiger partial charge in [-0.25, -0.2) is 0 Å². The lowest BCUT2D eigenvalue weighted by molar-refractivity contribution is 0.215. The predicted octanol–water partition coefficient (Wildman–Crippen LogP) is 1.93. The van der Waals surface area contributed by atoms with Crippen LogP contribution in [0.25, 0.3) is 0 Å². The van der Waals surface area contributed by atoms with Crippen molar-refractivity contribution in [1.82, 2.24) is 15.1 Å². The van der Waals surface area contributed by atoms with Crippen LogP contribution in [0.4, 0.5) is 0 Å². The Morgan fingerprint density at radius 2 is 2.00 bits per heavy atom. The molecule has 3 atom stereocenters. The third-order valence-electron chi connectivity index (χ3n) is 4.90. The van der Waals surface area contributed by atoms with Gasteiger partial charge in [0.2, 0.25) is 0 Å². The molecule has 2 bridgehead atoms. The molecule has 3 nitrogen and oxygen atoms in total. The van der Waals surface area contributed by atoms with E-state index in [0.717, 1.165) is 18.6 Å². The van der Waals surface area contributed by atoms with Crippen molar-refractivity contribution in [2.24, 2.45) is 0 Å². The first-order valence-corrected chi connectivity index (χ1v) is 7.88. The largest absolute Gasteiger partial charge is 0.315 e. The van der Waals surface area contributed by atoms with Crippen molar-refractivity contribution < 1.29 is 0 Å². The topological polar surface area (TPSA) is 18.5 Å². The Morgan fingerprint density at radius 3 is 2.78 bits per heavy atom. The number of hydrogen-bond donors (Lipinski definition) is 1. The van der Waals surface area contributed by atoms with Gasteiger partial charge in [0.05, 0.1) is 0 Å². The Bertz CT molecular complexity index is 244. The summed E-state index contributed by atoms with van der Waals surface area (Å²) in [5.41, 5.74) is 0. The van der Waals surface area contributed by atoms with E-state index in [9.17, 15) is 0 Å². The van der Waals surface area contributed by atoms with E-state index in [1.165, 1.54) is 51.7 Å². The van der Waals surface area contributed by atoms with Crippen molar-refractivity contribution in [3.8, 4) is 0 Å². The Kier molecular flexibility index (Phi) is 5.46. The Balaban J connectivity index is 1.68. The zero-order valence-corrected chi connectivity index (χ0v) is 12.5. The zero-order chi connectivity index (χ0) is 13.0. The molecule has 0 saturated carbocycles. The van der Waals surface area contributed by atoms with Crippen LogP contribution in [0.5, 0.6) is 0 Å². The molecule has 2 rings (SSSR count). The van der Waals surface area contributed by atoms with Crippen molar-refractivity contribution in [2.45, 2.75) is 64.1 Å². The minimum atomic E-state index is 0.682. The van der Waals surface area contributed by atoms with Crippen LogP contribution in [0.15, 0.2) is 0 Å². The molecule has 2 aliphatic heterocycles. The average Bonchev–Trinajstić information content (AvgIpc) is 2.57. The second-order valence-corrected chi connectivity index (χ2v) is 6.24. The maximum Gasteiger partial charge on any atom is 0.0223 e. The Morgan fingerprint density at radius 1 is 1.22 bits per heavy atom. The number of rotatable bonds is 6. The summed E-state index contributed by atoms with van der Waals surface area (Å²) in [7, 11) is 2.33. The number of likely N-dealkylation sites (N-methyl/N-ethyl adjacent to an activating group) is 1. The van der Waals surface area contributed by atoms with E-state index in [-0.39, 0.29) is 0 Å². The van der Waals surface area contributed by atoms with Gasteiger partial charge >= 0.3 is 0 Å². The van der Waals surface area contributed by atoms with Gasteiger partial charge in [-0.2, -0.15) is 0 Å². The van der Waals surface area contributed by atoms with Crippen LogP contribution in [-0.4, -0.2) is 61.2 Å². The molecule has 0 amide bonds. The number of fused-ring (bicyclic) bond motifs is 2. The number of likely N-dealkylation sites (tertiary alicyclic amines) is 1. The normalized spacial score (nSPS) is 31.5. The van der Waals surface area contributed by atoms with Gasteiger partial charge in [-0.15, -0.1) is 0 Å². The van der Waals surface area contributed by atoms with Crippen LogP contribution in [0.1, 0.15) is 46.0 Å². The zero-order valence-electron chi connectivity index (χ0n) is 12.5. The number of nitrogens with zero attached hydrogens (tertiary/aromatic N) is 2. The highest BCUT2D eigenvalue weighted by Crippen LogP contribution is 2.28. The maximum atomic E-state index is 3.50. The second-order valence-electron chi connectivity index (χ2n) is 6.24. The van der Waals surface area contributed by atoms with Gasteiger partial charge in [0, 0.05) is 24.7 Å². The summed E-state index contributed by atoms with van der Waals surface area (Å²) in [6, 6.07) is 2.39. The number of hydrogen-bond acceptors (Lipinski definition) is 3. The fourth-order valence-corrected chi connectivity index (χ4v) is 3.65. The highest BCUT2D eigenvalue weighted by molar-refractivity contribution is 4.90. The second kappa shape index (κ2) is 6.88. The minimum absolute atomic E-state index is 0.682. The molecule has 0 spiro atoms. The Hall–Kier alpha value is -0.120. The van der Waals surface area contributed by atoms with E-state index in [4.69, 9.17) is 0 Å². The number of nitrogens with one attached hydrogen (secondary N) is 1. The molecule has 1 N–H and O–H groups in total. The van der Waals surface area contributed by atoms with E-state index in [0.29, 0.717) is 6.04 Å². The van der Waals surface area contributed by atoms with Gasteiger partial charge in [0.15, 0.2) is 0 Å². The van der Waals surface area contributed by atoms with Crippen LogP contribution >= 0.6 is 0 Å². The first-order chi connectivity index (χ1) is 8.70. The predicted molar refractivity (Wildman–Crippen MR) is 78.0 cm³/mol. The summed E-state index contributed by atoms with van der Waals surface area (Å²) in [6.07, 6.45) is 6.90. The van der Waals surface area contributed by atoms with Crippen LogP contribution in [-0.2, 0) is 0 Å². The molecule has 2 saturated heterocycles. The summed E-state index contributed by atoms with van der Waals surface area (Å²) in [5, 5.41) is 3.50. The van der Waals surface area contributed by atoms with Gasteiger partial charge < -0.3 is 10.2 Å². The summed E-state index contributed by atoms with van der Waals surface area (Å²) >= 11 is 0. The Labute approximate surface area is 113 Å². The lowest BCUT2D eigenvalue weighted by Crippen LogP contribution is -2.37. The molecule has 0 aliphatic carbocycles. The van der Waals surface area contributed by atoms with E-state index in [1.54, 1.807) is 0 Å². The molecule has 3 heteroatoms. The van der Waals surface area contributed by atoms with Crippen LogP contribution in [0.3, 0.4) is 0 Å². The van der Waals surface area contributed by atoms with Gasteiger partial charge in [-0.1, -0.05) is 6.92 Å². The summed E-state index contributed by atoms with van der Waals surface area (Å²) < 4.78 is 0. The highest BCUT2D eigenvalue weighted by Gasteiger charge is 2.34. The molecule has 3 unspecified atom stereocenters. The van der Waals surface area contributed by atoms with Gasteiger partial charge in [0.1, 0.15) is 0 Å². The van der Waals surface area contributed by atoms with E-state index < -0.39 is 0 Å². The summed E-state index contributed by atoms with van der Waals surface area (Å²) in [4.78, 5) is 5.35. The van der Waals surface area contributed by atoms with E-state index >= 15 is 0 Å². The average molecular weight is 253 g/mol. The van der Waals surface area contributed by atoms with Crippen molar-refractivity contribution in [2.75, 3.05) is 33.2 Å². The highest BCUT2D eigenvalue weighted by atomic mass is 15.3. The minimum Gasteiger partial charge on any atom is -0.315 e. The third kappa shape index (κ3) is 3.69. The van der Waals surface area contributed by atoms with Crippen molar-refractivity contribution in [1.29, 1.82) is 0 Å². The molecule has 0 aromatic carbocycles. The SMILES string of the molecule is CCNC(C)CCCN1CCC2CCC(C1)N2C. The molecular weight excluding hydrogens is 222 g/mol. The fourth-order valence-electron chi connectivity index (χ4n) is 3.65. The first kappa shape index (κ1) is 14.3. The molecular formula is C15H31N3. The smallest absolute Gasteiger partial charge is 0.0223 e. The molecule has 2 aliphatic rings. The van der Waals surface area contributed by atoms with Crippen molar-refractivity contribution >= 4 is 0 Å². The van der Waals surface area contributed by atoms with Crippen LogP contribution < -0.4 is 5.32 Å². The quantitative estimate of drug-likeness (QED) is 0.780. The summed E-state index contributed by atoms with van der Waals surface area (Å²) in [5.74, 6) is 0. The van der Waals surface area contributed by atoms with Crippen molar-refractivity contribution in [3.63, 3.8) is 0 Å². The molecule has 0 radical (unpaired) electrons. The molecule has 18 heavy (non-hydrogen) atoms. The molecule has 106 valence electrons. The fraction of sp³-hybridized carbons (Fsp3) is 1.00. The lowest BCUT2D eigenvalue weighted by atomic mass is 10.1. The third-order valence-corrected chi connectivity index (χ3v) is 4.90. The standard InChI is InChI=1S/C15H31N3/c1-4-16-13(2)6-5-10-18-11-9-14-7-8-15(12-18)17(14)3/h13-16H,4-12H2,1-3H3.